The average Bonchev–Trinajstić information content (AvgIpc) is 2.46. The second-order valence-electron chi connectivity index (χ2n) is 4.46. The number of aromatic carboxylic acids is 1. The van der Waals surface area contributed by atoms with E-state index >= 15 is 0 Å². The fourth-order valence-corrected chi connectivity index (χ4v) is 2.02. The molecule has 104 valence electrons. The van der Waals surface area contributed by atoms with Crippen molar-refractivity contribution in [2.45, 2.75) is 26.3 Å². The van der Waals surface area contributed by atoms with Crippen LogP contribution >= 0.6 is 0 Å². The van der Waals surface area contributed by atoms with E-state index in [2.05, 4.69) is 4.98 Å². The molecule has 1 N–H and O–H groups in total. The van der Waals surface area contributed by atoms with Gasteiger partial charge in [-0.15, -0.1) is 0 Å². The zero-order valence-electron chi connectivity index (χ0n) is 11.2. The summed E-state index contributed by atoms with van der Waals surface area (Å²) in [5, 5.41) is 9.05. The summed E-state index contributed by atoms with van der Waals surface area (Å²) >= 11 is 0. The lowest BCUT2D eigenvalue weighted by molar-refractivity contribution is 0.0694. The Morgan fingerprint density at radius 3 is 2.70 bits per heavy atom. The van der Waals surface area contributed by atoms with Gasteiger partial charge in [-0.05, 0) is 30.7 Å². The number of unbranched alkanes of at least 4 members (excludes halogenated alkanes) is 1. The van der Waals surface area contributed by atoms with Crippen molar-refractivity contribution in [2.24, 2.45) is 0 Å². The van der Waals surface area contributed by atoms with Crippen molar-refractivity contribution >= 4 is 5.97 Å². The molecule has 0 radical (unpaired) electrons. The van der Waals surface area contributed by atoms with Crippen molar-refractivity contribution in [3.8, 4) is 11.4 Å². The van der Waals surface area contributed by atoms with Gasteiger partial charge in [0.2, 0.25) is 0 Å². The Balaban J connectivity index is 2.60. The van der Waals surface area contributed by atoms with Crippen LogP contribution in [0.2, 0.25) is 0 Å². The standard InChI is InChI=1S/C15H16N2O3/c1-2-3-10-17-13(12-6-4-5-9-16-12)8-7-11(14(17)18)15(19)20/h4-9H,2-3,10H2,1H3,(H,19,20). The Hall–Kier alpha value is -2.43. The van der Waals surface area contributed by atoms with Gasteiger partial charge in [0.25, 0.3) is 5.56 Å². The molecule has 2 aromatic rings. The molecule has 0 aromatic carbocycles. The molecule has 5 nitrogen and oxygen atoms in total. The number of aromatic nitrogens is 2. The van der Waals surface area contributed by atoms with E-state index in [0.717, 1.165) is 12.8 Å². The predicted molar refractivity (Wildman–Crippen MR) is 75.8 cm³/mol. The summed E-state index contributed by atoms with van der Waals surface area (Å²) in [6, 6.07) is 8.42. The molecule has 2 aromatic heterocycles. The summed E-state index contributed by atoms with van der Waals surface area (Å²) in [7, 11) is 0. The Morgan fingerprint density at radius 1 is 1.30 bits per heavy atom. The maximum atomic E-state index is 12.3. The van der Waals surface area contributed by atoms with E-state index in [-0.39, 0.29) is 5.56 Å². The number of hydrogen-bond donors (Lipinski definition) is 1. The number of carbonyl (C=O) groups is 1. The molecule has 20 heavy (non-hydrogen) atoms. The fraction of sp³-hybridized carbons (Fsp3) is 0.267. The summed E-state index contributed by atoms with van der Waals surface area (Å²) < 4.78 is 1.50. The van der Waals surface area contributed by atoms with Crippen molar-refractivity contribution in [1.82, 2.24) is 9.55 Å². The molecule has 0 amide bonds. The van der Waals surface area contributed by atoms with Crippen LogP contribution in [0, 0.1) is 0 Å². The normalized spacial score (nSPS) is 10.4. The Labute approximate surface area is 116 Å². The Morgan fingerprint density at radius 2 is 2.10 bits per heavy atom. The van der Waals surface area contributed by atoms with E-state index in [9.17, 15) is 9.59 Å². The molecule has 0 saturated heterocycles. The van der Waals surface area contributed by atoms with Crippen LogP contribution in [-0.4, -0.2) is 20.6 Å². The van der Waals surface area contributed by atoms with Crippen LogP contribution in [0.3, 0.4) is 0 Å². The lowest BCUT2D eigenvalue weighted by Gasteiger charge is -2.12. The summed E-state index contributed by atoms with van der Waals surface area (Å²) in [5.41, 5.74) is 0.626. The monoisotopic (exact) mass is 272 g/mol. The van der Waals surface area contributed by atoms with E-state index in [1.165, 1.54) is 10.6 Å². The first-order chi connectivity index (χ1) is 9.65. The number of carboxylic acid groups (broad SMARTS) is 1. The number of nitrogens with zero attached hydrogens (tertiary/aromatic N) is 2. The zero-order chi connectivity index (χ0) is 14.5. The van der Waals surface area contributed by atoms with E-state index in [1.54, 1.807) is 24.4 Å². The molecule has 0 aliphatic rings. The highest BCUT2D eigenvalue weighted by atomic mass is 16.4. The van der Waals surface area contributed by atoms with Gasteiger partial charge in [0.1, 0.15) is 5.56 Å². The predicted octanol–water partition coefficient (Wildman–Crippen LogP) is 2.41. The number of rotatable bonds is 5. The van der Waals surface area contributed by atoms with E-state index in [1.807, 2.05) is 13.0 Å². The number of carboxylic acids is 1. The Bertz CT molecular complexity index is 663. The number of hydrogen-bond acceptors (Lipinski definition) is 3. The van der Waals surface area contributed by atoms with Crippen LogP contribution in [0.5, 0.6) is 0 Å². The van der Waals surface area contributed by atoms with Crippen LogP contribution in [0.15, 0.2) is 41.3 Å². The first-order valence-corrected chi connectivity index (χ1v) is 6.53. The highest BCUT2D eigenvalue weighted by Crippen LogP contribution is 2.16. The molecule has 0 atom stereocenters. The first kappa shape index (κ1) is 14.0. The van der Waals surface area contributed by atoms with Crippen LogP contribution in [0.4, 0.5) is 0 Å². The van der Waals surface area contributed by atoms with E-state index < -0.39 is 11.5 Å². The first-order valence-electron chi connectivity index (χ1n) is 6.53. The molecular formula is C15H16N2O3. The van der Waals surface area contributed by atoms with Crippen LogP contribution in [-0.2, 0) is 6.54 Å². The third-order valence-corrected chi connectivity index (χ3v) is 3.07. The zero-order valence-corrected chi connectivity index (χ0v) is 11.2. The van der Waals surface area contributed by atoms with Crippen molar-refractivity contribution in [3.05, 3.63) is 52.4 Å². The minimum absolute atomic E-state index is 0.208. The molecule has 2 heterocycles. The fourth-order valence-electron chi connectivity index (χ4n) is 2.02. The maximum absolute atomic E-state index is 12.3. The van der Waals surface area contributed by atoms with Crippen LogP contribution < -0.4 is 5.56 Å². The van der Waals surface area contributed by atoms with Crippen molar-refractivity contribution in [1.29, 1.82) is 0 Å². The van der Waals surface area contributed by atoms with Crippen LogP contribution in [0.25, 0.3) is 11.4 Å². The largest absolute Gasteiger partial charge is 0.477 e. The third kappa shape index (κ3) is 2.77. The average molecular weight is 272 g/mol. The van der Waals surface area contributed by atoms with Crippen LogP contribution in [0.1, 0.15) is 30.1 Å². The van der Waals surface area contributed by atoms with Gasteiger partial charge in [-0.1, -0.05) is 19.4 Å². The molecule has 2 rings (SSSR count). The lowest BCUT2D eigenvalue weighted by Crippen LogP contribution is -2.27. The smallest absolute Gasteiger partial charge is 0.341 e. The molecular weight excluding hydrogens is 256 g/mol. The maximum Gasteiger partial charge on any atom is 0.341 e. The minimum Gasteiger partial charge on any atom is -0.477 e. The van der Waals surface area contributed by atoms with Crippen molar-refractivity contribution < 1.29 is 9.90 Å². The van der Waals surface area contributed by atoms with Gasteiger partial charge < -0.3 is 9.67 Å². The molecule has 5 heteroatoms. The molecule has 0 unspecified atom stereocenters. The molecule has 0 fully saturated rings. The Kier molecular flexibility index (Phi) is 4.30. The molecule has 0 aliphatic heterocycles. The highest BCUT2D eigenvalue weighted by molar-refractivity contribution is 5.87. The lowest BCUT2D eigenvalue weighted by atomic mass is 10.1. The SMILES string of the molecule is CCCCn1c(-c2ccccn2)ccc(C(=O)O)c1=O. The topological polar surface area (TPSA) is 72.2 Å². The minimum atomic E-state index is -1.20. The summed E-state index contributed by atoms with van der Waals surface area (Å²) in [4.78, 5) is 27.6. The van der Waals surface area contributed by atoms with Gasteiger partial charge in [0, 0.05) is 12.7 Å². The molecule has 0 bridgehead atoms. The quantitative estimate of drug-likeness (QED) is 0.907. The van der Waals surface area contributed by atoms with Crippen molar-refractivity contribution in [2.75, 3.05) is 0 Å². The number of pyridine rings is 2. The molecule has 0 saturated carbocycles. The summed E-state index contributed by atoms with van der Waals surface area (Å²) in [6.07, 6.45) is 3.38. The second-order valence-corrected chi connectivity index (χ2v) is 4.46. The molecule has 0 spiro atoms. The van der Waals surface area contributed by atoms with Gasteiger partial charge in [0.05, 0.1) is 11.4 Å². The highest BCUT2D eigenvalue weighted by Gasteiger charge is 2.15. The van der Waals surface area contributed by atoms with E-state index in [4.69, 9.17) is 5.11 Å². The van der Waals surface area contributed by atoms with Gasteiger partial charge in [-0.25, -0.2) is 4.79 Å². The van der Waals surface area contributed by atoms with Gasteiger partial charge in [-0.3, -0.25) is 9.78 Å². The molecule has 0 aliphatic carbocycles. The van der Waals surface area contributed by atoms with Gasteiger partial charge >= 0.3 is 5.97 Å². The summed E-state index contributed by atoms with van der Waals surface area (Å²) in [5.74, 6) is -1.20. The van der Waals surface area contributed by atoms with E-state index in [0.29, 0.717) is 17.9 Å². The third-order valence-electron chi connectivity index (χ3n) is 3.07. The van der Waals surface area contributed by atoms with Crippen molar-refractivity contribution in [3.63, 3.8) is 0 Å². The summed E-state index contributed by atoms with van der Waals surface area (Å²) in [6.45, 7) is 2.51. The van der Waals surface area contributed by atoms with Gasteiger partial charge in [0.15, 0.2) is 0 Å². The second kappa shape index (κ2) is 6.14. The van der Waals surface area contributed by atoms with Gasteiger partial charge in [-0.2, -0.15) is 0 Å².